The van der Waals surface area contributed by atoms with E-state index in [1.165, 1.54) is 16.2 Å². The fraction of sp³-hybridized carbons (Fsp3) is 0.500. The largest absolute Gasteiger partial charge is 0.480 e. The van der Waals surface area contributed by atoms with Gasteiger partial charge in [-0.2, -0.15) is 0 Å². The molecule has 0 aromatic carbocycles. The van der Waals surface area contributed by atoms with Gasteiger partial charge in [0.1, 0.15) is 6.54 Å². The lowest BCUT2D eigenvalue weighted by Gasteiger charge is -2.17. The van der Waals surface area contributed by atoms with Gasteiger partial charge in [0, 0.05) is 11.4 Å². The molecule has 17 heavy (non-hydrogen) atoms. The summed E-state index contributed by atoms with van der Waals surface area (Å²) in [5.74, 6) is -1.17. The number of rotatable bonds is 5. The van der Waals surface area contributed by atoms with Crippen molar-refractivity contribution in [1.82, 2.24) is 4.90 Å². The van der Waals surface area contributed by atoms with Gasteiger partial charge in [0.2, 0.25) is 0 Å². The Labute approximate surface area is 105 Å². The lowest BCUT2D eigenvalue weighted by molar-refractivity contribution is -0.137. The topological polar surface area (TPSA) is 57.6 Å². The molecule has 0 aliphatic heterocycles. The van der Waals surface area contributed by atoms with Crippen LogP contribution in [0.1, 0.15) is 34.0 Å². The van der Waals surface area contributed by atoms with Gasteiger partial charge in [-0.15, -0.1) is 11.3 Å². The summed E-state index contributed by atoms with van der Waals surface area (Å²) in [6, 6.07) is 1.87. The second-order valence-corrected chi connectivity index (χ2v) is 5.02. The Bertz CT molecular complexity index is 425. The van der Waals surface area contributed by atoms with Crippen molar-refractivity contribution in [1.29, 1.82) is 0 Å². The number of amides is 1. The van der Waals surface area contributed by atoms with E-state index in [1.807, 2.05) is 19.9 Å². The maximum absolute atomic E-state index is 12.1. The lowest BCUT2D eigenvalue weighted by Crippen LogP contribution is -2.34. The molecule has 1 aromatic heterocycles. The van der Waals surface area contributed by atoms with Crippen LogP contribution < -0.4 is 0 Å². The van der Waals surface area contributed by atoms with Crippen LogP contribution in [0.25, 0.3) is 0 Å². The van der Waals surface area contributed by atoms with Crippen LogP contribution in [0.2, 0.25) is 0 Å². The minimum Gasteiger partial charge on any atom is -0.480 e. The number of aryl methyl sites for hydroxylation is 2. The first-order valence-corrected chi connectivity index (χ1v) is 6.41. The minimum absolute atomic E-state index is 0.192. The molecule has 0 spiro atoms. The quantitative estimate of drug-likeness (QED) is 0.877. The van der Waals surface area contributed by atoms with Crippen LogP contribution in [0, 0.1) is 6.92 Å². The number of thiophene rings is 1. The number of carbonyl (C=O) groups excluding carboxylic acids is 1. The van der Waals surface area contributed by atoms with Crippen LogP contribution >= 0.6 is 11.3 Å². The maximum atomic E-state index is 12.1. The van der Waals surface area contributed by atoms with Crippen LogP contribution in [0.4, 0.5) is 0 Å². The highest BCUT2D eigenvalue weighted by Crippen LogP contribution is 2.23. The summed E-state index contributed by atoms with van der Waals surface area (Å²) in [6.07, 6.45) is 0.890. The van der Waals surface area contributed by atoms with E-state index in [1.54, 1.807) is 6.92 Å². The van der Waals surface area contributed by atoms with E-state index in [2.05, 4.69) is 0 Å². The van der Waals surface area contributed by atoms with E-state index in [-0.39, 0.29) is 12.5 Å². The zero-order chi connectivity index (χ0) is 13.0. The lowest BCUT2D eigenvalue weighted by atomic mass is 10.2. The third-order valence-corrected chi connectivity index (χ3v) is 3.69. The molecule has 5 heteroatoms. The Morgan fingerprint density at radius 1 is 1.41 bits per heavy atom. The number of hydrogen-bond acceptors (Lipinski definition) is 3. The van der Waals surface area contributed by atoms with Gasteiger partial charge < -0.3 is 10.0 Å². The molecule has 0 atom stereocenters. The Kier molecular flexibility index (Phi) is 4.69. The highest BCUT2D eigenvalue weighted by molar-refractivity contribution is 7.14. The van der Waals surface area contributed by atoms with Gasteiger partial charge in [-0.3, -0.25) is 9.59 Å². The number of carbonyl (C=O) groups is 2. The zero-order valence-electron chi connectivity index (χ0n) is 10.3. The molecule has 1 N–H and O–H groups in total. The van der Waals surface area contributed by atoms with Crippen molar-refractivity contribution in [3.63, 3.8) is 0 Å². The predicted octanol–water partition coefficient (Wildman–Crippen LogP) is 2.17. The van der Waals surface area contributed by atoms with Crippen molar-refractivity contribution in [2.75, 3.05) is 13.1 Å². The van der Waals surface area contributed by atoms with Crippen LogP contribution in [-0.4, -0.2) is 35.0 Å². The van der Waals surface area contributed by atoms with Gasteiger partial charge in [-0.05, 0) is 31.9 Å². The smallest absolute Gasteiger partial charge is 0.323 e. The molecular weight excluding hydrogens is 238 g/mol. The standard InChI is InChI=1S/C12H17NO3S/c1-4-9-6-10(17-8(9)3)12(16)13(5-2)7-11(14)15/h6H,4-5,7H2,1-3H3,(H,14,15). The Morgan fingerprint density at radius 3 is 2.47 bits per heavy atom. The van der Waals surface area contributed by atoms with Gasteiger partial charge in [-0.1, -0.05) is 6.92 Å². The predicted molar refractivity (Wildman–Crippen MR) is 67.6 cm³/mol. The monoisotopic (exact) mass is 255 g/mol. The third-order valence-electron chi connectivity index (χ3n) is 2.61. The average molecular weight is 255 g/mol. The molecule has 0 radical (unpaired) electrons. The van der Waals surface area contributed by atoms with E-state index in [0.717, 1.165) is 16.9 Å². The molecule has 1 amide bonds. The summed E-state index contributed by atoms with van der Waals surface area (Å²) in [4.78, 5) is 25.8. The second-order valence-electron chi connectivity index (χ2n) is 3.76. The summed E-state index contributed by atoms with van der Waals surface area (Å²) in [5.41, 5.74) is 1.16. The molecule has 0 aliphatic carbocycles. The van der Waals surface area contributed by atoms with Crippen molar-refractivity contribution < 1.29 is 14.7 Å². The molecule has 0 saturated carbocycles. The van der Waals surface area contributed by atoms with E-state index >= 15 is 0 Å². The highest BCUT2D eigenvalue weighted by Gasteiger charge is 2.19. The molecule has 0 fully saturated rings. The molecule has 1 rings (SSSR count). The van der Waals surface area contributed by atoms with Gasteiger partial charge in [0.15, 0.2) is 0 Å². The summed E-state index contributed by atoms with van der Waals surface area (Å²) in [7, 11) is 0. The summed E-state index contributed by atoms with van der Waals surface area (Å²) >= 11 is 1.43. The average Bonchev–Trinajstić information content (AvgIpc) is 2.66. The molecule has 0 unspecified atom stereocenters. The highest BCUT2D eigenvalue weighted by atomic mass is 32.1. The van der Waals surface area contributed by atoms with Crippen LogP contribution in [0.15, 0.2) is 6.07 Å². The molecule has 0 bridgehead atoms. The van der Waals surface area contributed by atoms with Crippen molar-refractivity contribution in [3.8, 4) is 0 Å². The maximum Gasteiger partial charge on any atom is 0.323 e. The summed E-state index contributed by atoms with van der Waals surface area (Å²) < 4.78 is 0. The summed E-state index contributed by atoms with van der Waals surface area (Å²) in [6.45, 7) is 5.96. The molecular formula is C12H17NO3S. The van der Waals surface area contributed by atoms with E-state index in [4.69, 9.17) is 5.11 Å². The second kappa shape index (κ2) is 5.82. The Balaban J connectivity index is 2.89. The number of likely N-dealkylation sites (N-methyl/N-ethyl adjacent to an activating group) is 1. The molecule has 4 nitrogen and oxygen atoms in total. The first kappa shape index (κ1) is 13.7. The Hall–Kier alpha value is -1.36. The SMILES string of the molecule is CCc1cc(C(=O)N(CC)CC(=O)O)sc1C. The van der Waals surface area contributed by atoms with Gasteiger partial charge in [0.25, 0.3) is 5.91 Å². The number of carboxylic acids is 1. The molecule has 1 aromatic rings. The minimum atomic E-state index is -0.982. The van der Waals surface area contributed by atoms with Gasteiger partial charge in [0.05, 0.1) is 4.88 Å². The first-order chi connectivity index (χ1) is 7.99. The zero-order valence-corrected chi connectivity index (χ0v) is 11.1. The molecule has 0 saturated heterocycles. The molecule has 94 valence electrons. The number of hydrogen-bond donors (Lipinski definition) is 1. The number of aliphatic carboxylic acids is 1. The van der Waals surface area contributed by atoms with Gasteiger partial charge >= 0.3 is 5.97 Å². The van der Waals surface area contributed by atoms with Gasteiger partial charge in [-0.25, -0.2) is 0 Å². The third kappa shape index (κ3) is 3.30. The van der Waals surface area contributed by atoms with Crippen LogP contribution in [0.3, 0.4) is 0 Å². The number of carboxylic acid groups (broad SMARTS) is 1. The first-order valence-electron chi connectivity index (χ1n) is 5.59. The van der Waals surface area contributed by atoms with Crippen molar-refractivity contribution in [2.45, 2.75) is 27.2 Å². The van der Waals surface area contributed by atoms with E-state index < -0.39 is 5.97 Å². The van der Waals surface area contributed by atoms with Crippen molar-refractivity contribution in [2.24, 2.45) is 0 Å². The molecule has 0 aliphatic rings. The fourth-order valence-corrected chi connectivity index (χ4v) is 2.70. The van der Waals surface area contributed by atoms with E-state index in [0.29, 0.717) is 11.4 Å². The van der Waals surface area contributed by atoms with Crippen molar-refractivity contribution in [3.05, 3.63) is 21.4 Å². The number of nitrogens with zero attached hydrogens (tertiary/aromatic N) is 1. The van der Waals surface area contributed by atoms with Crippen LogP contribution in [-0.2, 0) is 11.2 Å². The fourth-order valence-electron chi connectivity index (χ4n) is 1.62. The molecule has 1 heterocycles. The Morgan fingerprint density at radius 2 is 2.06 bits per heavy atom. The van der Waals surface area contributed by atoms with Crippen molar-refractivity contribution >= 4 is 23.2 Å². The normalized spacial score (nSPS) is 10.3. The summed E-state index contributed by atoms with van der Waals surface area (Å²) in [5, 5.41) is 8.73. The van der Waals surface area contributed by atoms with E-state index in [9.17, 15) is 9.59 Å². The van der Waals surface area contributed by atoms with Crippen LogP contribution in [0.5, 0.6) is 0 Å².